The third-order valence-electron chi connectivity index (χ3n) is 2.69. The van der Waals surface area contributed by atoms with E-state index in [2.05, 4.69) is 4.98 Å². The van der Waals surface area contributed by atoms with Gasteiger partial charge in [-0.1, -0.05) is 35.3 Å². The number of pyridine rings is 1. The highest BCUT2D eigenvalue weighted by Gasteiger charge is 2.19. The first-order valence-electron chi connectivity index (χ1n) is 5.74. The summed E-state index contributed by atoms with van der Waals surface area (Å²) in [4.78, 5) is 16.2. The minimum Gasteiger partial charge on any atom is -0.350 e. The lowest BCUT2D eigenvalue weighted by molar-refractivity contribution is -0.384. The van der Waals surface area contributed by atoms with E-state index in [-0.39, 0.29) is 16.7 Å². The first-order chi connectivity index (χ1) is 9.47. The van der Waals surface area contributed by atoms with Gasteiger partial charge < -0.3 is 4.90 Å². The van der Waals surface area contributed by atoms with Gasteiger partial charge in [0.05, 0.1) is 4.92 Å². The van der Waals surface area contributed by atoms with Crippen LogP contribution >= 0.6 is 23.2 Å². The van der Waals surface area contributed by atoms with Gasteiger partial charge in [0.25, 0.3) is 0 Å². The van der Waals surface area contributed by atoms with Crippen molar-refractivity contribution in [3.05, 3.63) is 62.3 Å². The van der Waals surface area contributed by atoms with Gasteiger partial charge in [-0.3, -0.25) is 10.1 Å². The zero-order valence-electron chi connectivity index (χ0n) is 10.6. The molecular weight excluding hydrogens is 301 g/mol. The van der Waals surface area contributed by atoms with Gasteiger partial charge in [-0.2, -0.15) is 0 Å². The largest absolute Gasteiger partial charge is 0.350 e. The third-order valence-corrected chi connectivity index (χ3v) is 3.13. The molecule has 0 saturated heterocycles. The van der Waals surface area contributed by atoms with Crippen molar-refractivity contribution in [2.24, 2.45) is 0 Å². The van der Waals surface area contributed by atoms with Gasteiger partial charge in [0.1, 0.15) is 5.15 Å². The number of nitro groups is 1. The van der Waals surface area contributed by atoms with Gasteiger partial charge in [-0.15, -0.1) is 0 Å². The Morgan fingerprint density at radius 2 is 2.05 bits per heavy atom. The smallest absolute Gasteiger partial charge is 0.311 e. The summed E-state index contributed by atoms with van der Waals surface area (Å²) in [5, 5.41) is 11.8. The maximum absolute atomic E-state index is 11.0. The highest BCUT2D eigenvalue weighted by atomic mass is 35.5. The third kappa shape index (κ3) is 3.37. The molecule has 1 aromatic carbocycles. The lowest BCUT2D eigenvalue weighted by Gasteiger charge is -2.18. The average Bonchev–Trinajstić information content (AvgIpc) is 2.38. The molecule has 0 N–H and O–H groups in total. The molecule has 0 radical (unpaired) electrons. The molecule has 0 atom stereocenters. The van der Waals surface area contributed by atoms with E-state index >= 15 is 0 Å². The maximum Gasteiger partial charge on any atom is 0.311 e. The molecule has 2 aromatic rings. The molecule has 0 bridgehead atoms. The van der Waals surface area contributed by atoms with Crippen LogP contribution in [0.4, 0.5) is 11.5 Å². The van der Waals surface area contributed by atoms with E-state index in [4.69, 9.17) is 23.2 Å². The van der Waals surface area contributed by atoms with Gasteiger partial charge in [-0.05, 0) is 23.8 Å². The first-order valence-corrected chi connectivity index (χ1v) is 6.49. The van der Waals surface area contributed by atoms with Crippen LogP contribution in [-0.4, -0.2) is 17.0 Å². The molecule has 0 aliphatic heterocycles. The quantitative estimate of drug-likeness (QED) is 0.487. The maximum atomic E-state index is 11.0. The molecule has 1 heterocycles. The van der Waals surface area contributed by atoms with Crippen molar-refractivity contribution in [2.45, 2.75) is 6.54 Å². The number of rotatable bonds is 4. The van der Waals surface area contributed by atoms with E-state index < -0.39 is 4.92 Å². The molecule has 0 aliphatic carbocycles. The van der Waals surface area contributed by atoms with E-state index in [1.807, 2.05) is 12.1 Å². The van der Waals surface area contributed by atoms with Crippen molar-refractivity contribution < 1.29 is 4.92 Å². The summed E-state index contributed by atoms with van der Waals surface area (Å²) < 4.78 is 0. The monoisotopic (exact) mass is 311 g/mol. The molecular formula is C13H11Cl2N3O2. The summed E-state index contributed by atoms with van der Waals surface area (Å²) >= 11 is 11.7. The van der Waals surface area contributed by atoms with E-state index in [1.165, 1.54) is 12.1 Å². The summed E-state index contributed by atoms with van der Waals surface area (Å²) in [5.74, 6) is 0.225. The Bertz CT molecular complexity index is 649. The van der Waals surface area contributed by atoms with Gasteiger partial charge in [0, 0.05) is 24.7 Å². The van der Waals surface area contributed by atoms with Crippen LogP contribution in [0.3, 0.4) is 0 Å². The summed E-state index contributed by atoms with van der Waals surface area (Å²) in [5.41, 5.74) is 0.843. The number of benzene rings is 1. The van der Waals surface area contributed by atoms with Crippen LogP contribution in [0.15, 0.2) is 36.4 Å². The topological polar surface area (TPSA) is 59.3 Å². The van der Waals surface area contributed by atoms with Gasteiger partial charge in [0.15, 0.2) is 0 Å². The fourth-order valence-electron chi connectivity index (χ4n) is 1.83. The van der Waals surface area contributed by atoms with E-state index in [9.17, 15) is 10.1 Å². The number of aromatic nitrogens is 1. The first kappa shape index (κ1) is 14.6. The number of hydrogen-bond acceptors (Lipinski definition) is 4. The van der Waals surface area contributed by atoms with Crippen LogP contribution in [0.25, 0.3) is 0 Å². The fraction of sp³-hybridized carbons (Fsp3) is 0.154. The molecule has 0 amide bonds. The second kappa shape index (κ2) is 6.07. The predicted molar refractivity (Wildman–Crippen MR) is 79.5 cm³/mol. The molecule has 0 saturated carbocycles. The Morgan fingerprint density at radius 3 is 2.70 bits per heavy atom. The minimum atomic E-state index is -0.479. The number of halogens is 2. The fourth-order valence-corrected chi connectivity index (χ4v) is 2.18. The van der Waals surface area contributed by atoms with Crippen molar-refractivity contribution in [3.63, 3.8) is 0 Å². The van der Waals surface area contributed by atoms with Crippen LogP contribution < -0.4 is 4.90 Å². The average molecular weight is 312 g/mol. The van der Waals surface area contributed by atoms with Crippen LogP contribution in [0.2, 0.25) is 10.2 Å². The molecule has 2 rings (SSSR count). The Kier molecular flexibility index (Phi) is 4.42. The van der Waals surface area contributed by atoms with Crippen molar-refractivity contribution in [3.8, 4) is 0 Å². The normalized spacial score (nSPS) is 10.3. The van der Waals surface area contributed by atoms with Crippen molar-refractivity contribution >= 4 is 34.7 Å². The SMILES string of the molecule is CN(Cc1cccc(Cl)c1)c1nc(Cl)ccc1[N+](=O)[O-]. The lowest BCUT2D eigenvalue weighted by Crippen LogP contribution is -2.19. The molecule has 20 heavy (non-hydrogen) atoms. The number of hydrogen-bond donors (Lipinski definition) is 0. The van der Waals surface area contributed by atoms with E-state index in [0.29, 0.717) is 11.6 Å². The second-order valence-corrected chi connectivity index (χ2v) is 5.04. The van der Waals surface area contributed by atoms with Gasteiger partial charge >= 0.3 is 5.69 Å². The Balaban J connectivity index is 2.31. The summed E-state index contributed by atoms with van der Waals surface area (Å²) in [7, 11) is 1.71. The molecule has 1 aromatic heterocycles. The van der Waals surface area contributed by atoms with E-state index in [0.717, 1.165) is 5.56 Å². The van der Waals surface area contributed by atoms with Crippen LogP contribution in [0.1, 0.15) is 5.56 Å². The molecule has 0 unspecified atom stereocenters. The molecule has 0 aliphatic rings. The highest BCUT2D eigenvalue weighted by molar-refractivity contribution is 6.30. The number of anilines is 1. The van der Waals surface area contributed by atoms with Gasteiger partial charge in [-0.25, -0.2) is 4.98 Å². The molecule has 7 heteroatoms. The zero-order valence-corrected chi connectivity index (χ0v) is 12.1. The molecule has 0 fully saturated rings. The van der Waals surface area contributed by atoms with Crippen molar-refractivity contribution in [1.82, 2.24) is 4.98 Å². The van der Waals surface area contributed by atoms with Crippen molar-refractivity contribution in [1.29, 1.82) is 0 Å². The standard InChI is InChI=1S/C13H11Cl2N3O2/c1-17(8-9-3-2-4-10(14)7-9)13-11(18(19)20)5-6-12(15)16-13/h2-7H,8H2,1H3. The van der Waals surface area contributed by atoms with Crippen LogP contribution in [0, 0.1) is 10.1 Å². The molecule has 0 spiro atoms. The minimum absolute atomic E-state index is 0.0843. The Morgan fingerprint density at radius 1 is 1.30 bits per heavy atom. The van der Waals surface area contributed by atoms with E-state index in [1.54, 1.807) is 24.1 Å². The Labute approximate surface area is 125 Å². The summed E-state index contributed by atoms with van der Waals surface area (Å²) in [6.07, 6.45) is 0. The second-order valence-electron chi connectivity index (χ2n) is 4.22. The lowest BCUT2D eigenvalue weighted by atomic mass is 10.2. The molecule has 104 valence electrons. The van der Waals surface area contributed by atoms with Crippen LogP contribution in [-0.2, 0) is 6.54 Å². The summed E-state index contributed by atoms with van der Waals surface area (Å²) in [6, 6.07) is 10.0. The zero-order chi connectivity index (χ0) is 14.7. The Hall–Kier alpha value is -1.85. The van der Waals surface area contributed by atoms with Crippen LogP contribution in [0.5, 0.6) is 0 Å². The van der Waals surface area contributed by atoms with Gasteiger partial charge in [0.2, 0.25) is 5.82 Å². The summed E-state index contributed by atoms with van der Waals surface area (Å²) in [6.45, 7) is 0.439. The predicted octanol–water partition coefficient (Wildman–Crippen LogP) is 3.93. The highest BCUT2D eigenvalue weighted by Crippen LogP contribution is 2.28. The molecule has 5 nitrogen and oxygen atoms in total. The van der Waals surface area contributed by atoms with Crippen molar-refractivity contribution in [2.75, 3.05) is 11.9 Å². The number of nitrogens with zero attached hydrogens (tertiary/aromatic N) is 3.